The van der Waals surface area contributed by atoms with Crippen LogP contribution in [0.1, 0.15) is 42.5 Å². The molecule has 0 unspecified atom stereocenters. The Balaban J connectivity index is 1.70. The molecule has 2 aromatic rings. The molecule has 0 aromatic carbocycles. The SMILES string of the molecule is CCc1nc(NC[C@H]2CCCO2)c2c3c(sc2n1)CCC3. The Bertz CT molecular complexity index is 661. The second-order valence-corrected chi connectivity index (χ2v) is 6.98. The Morgan fingerprint density at radius 2 is 2.24 bits per heavy atom. The van der Waals surface area contributed by atoms with Gasteiger partial charge in [-0.3, -0.25) is 0 Å². The highest BCUT2D eigenvalue weighted by Crippen LogP contribution is 2.39. The number of fused-ring (bicyclic) bond motifs is 3. The standard InChI is InChI=1S/C16H21N3OS/c1-2-13-18-15(17-9-10-5-4-8-20-10)14-11-6-3-7-12(11)21-16(14)19-13/h10H,2-9H2,1H3,(H,17,18,19)/t10-/m1/s1. The maximum Gasteiger partial charge on any atom is 0.138 e. The lowest BCUT2D eigenvalue weighted by atomic mass is 10.2. The maximum absolute atomic E-state index is 5.71. The smallest absolute Gasteiger partial charge is 0.138 e. The number of aromatic nitrogens is 2. The molecule has 0 saturated carbocycles. The molecular weight excluding hydrogens is 282 g/mol. The topological polar surface area (TPSA) is 47.0 Å². The summed E-state index contributed by atoms with van der Waals surface area (Å²) in [6.07, 6.45) is 7.22. The fraction of sp³-hybridized carbons (Fsp3) is 0.625. The van der Waals surface area contributed by atoms with Crippen LogP contribution in [0, 0.1) is 0 Å². The number of aryl methyl sites for hydroxylation is 3. The highest BCUT2D eigenvalue weighted by atomic mass is 32.1. The summed E-state index contributed by atoms with van der Waals surface area (Å²) in [7, 11) is 0. The predicted octanol–water partition coefficient (Wildman–Crippen LogP) is 3.33. The van der Waals surface area contributed by atoms with E-state index < -0.39 is 0 Å². The molecule has 3 heterocycles. The van der Waals surface area contributed by atoms with Gasteiger partial charge >= 0.3 is 0 Å². The minimum atomic E-state index is 0.340. The molecule has 0 spiro atoms. The van der Waals surface area contributed by atoms with Crippen molar-refractivity contribution in [3.05, 3.63) is 16.3 Å². The van der Waals surface area contributed by atoms with E-state index in [-0.39, 0.29) is 0 Å². The average Bonchev–Trinajstić information content (AvgIpc) is 3.20. The summed E-state index contributed by atoms with van der Waals surface area (Å²) < 4.78 is 5.71. The van der Waals surface area contributed by atoms with Gasteiger partial charge in [0.15, 0.2) is 0 Å². The molecule has 21 heavy (non-hydrogen) atoms. The first-order chi connectivity index (χ1) is 10.3. The summed E-state index contributed by atoms with van der Waals surface area (Å²) >= 11 is 1.87. The number of hydrogen-bond acceptors (Lipinski definition) is 5. The number of thiophene rings is 1. The van der Waals surface area contributed by atoms with Crippen molar-refractivity contribution in [1.29, 1.82) is 0 Å². The third-order valence-electron chi connectivity index (χ3n) is 4.45. The van der Waals surface area contributed by atoms with E-state index in [1.807, 2.05) is 11.3 Å². The van der Waals surface area contributed by atoms with E-state index in [1.165, 1.54) is 46.3 Å². The highest BCUT2D eigenvalue weighted by Gasteiger charge is 2.23. The Morgan fingerprint density at radius 1 is 1.29 bits per heavy atom. The normalized spacial score (nSPS) is 21.1. The first kappa shape index (κ1) is 13.5. The van der Waals surface area contributed by atoms with Gasteiger partial charge in [-0.25, -0.2) is 9.97 Å². The minimum absolute atomic E-state index is 0.340. The van der Waals surface area contributed by atoms with Crippen LogP contribution >= 0.6 is 11.3 Å². The van der Waals surface area contributed by atoms with Crippen molar-refractivity contribution in [3.8, 4) is 0 Å². The first-order valence-corrected chi connectivity index (χ1v) is 8.83. The predicted molar refractivity (Wildman–Crippen MR) is 86.3 cm³/mol. The third kappa shape index (κ3) is 2.42. The molecule has 1 aliphatic carbocycles. The Labute approximate surface area is 128 Å². The van der Waals surface area contributed by atoms with E-state index in [0.717, 1.165) is 37.6 Å². The summed E-state index contributed by atoms with van der Waals surface area (Å²) in [4.78, 5) is 12.2. The molecule has 1 atom stereocenters. The Kier molecular flexibility index (Phi) is 3.55. The van der Waals surface area contributed by atoms with Crippen LogP contribution in [0.15, 0.2) is 0 Å². The molecule has 2 aliphatic rings. The Morgan fingerprint density at radius 3 is 3.05 bits per heavy atom. The van der Waals surface area contributed by atoms with E-state index in [0.29, 0.717) is 6.10 Å². The van der Waals surface area contributed by atoms with E-state index in [4.69, 9.17) is 14.7 Å². The number of hydrogen-bond donors (Lipinski definition) is 1. The van der Waals surface area contributed by atoms with E-state index >= 15 is 0 Å². The van der Waals surface area contributed by atoms with Crippen molar-refractivity contribution < 1.29 is 4.74 Å². The quantitative estimate of drug-likeness (QED) is 0.941. The summed E-state index contributed by atoms with van der Waals surface area (Å²) in [6, 6.07) is 0. The lowest BCUT2D eigenvalue weighted by Crippen LogP contribution is -2.19. The molecule has 4 nitrogen and oxygen atoms in total. The summed E-state index contributed by atoms with van der Waals surface area (Å²) in [5.74, 6) is 1.98. The molecule has 1 aliphatic heterocycles. The Hall–Kier alpha value is -1.20. The molecule has 112 valence electrons. The van der Waals surface area contributed by atoms with Crippen molar-refractivity contribution in [2.75, 3.05) is 18.5 Å². The van der Waals surface area contributed by atoms with Crippen molar-refractivity contribution in [2.45, 2.75) is 51.6 Å². The zero-order valence-corrected chi connectivity index (χ0v) is 13.3. The lowest BCUT2D eigenvalue weighted by Gasteiger charge is -2.13. The summed E-state index contributed by atoms with van der Waals surface area (Å²) in [6.45, 7) is 3.88. The molecule has 5 heteroatoms. The first-order valence-electron chi connectivity index (χ1n) is 8.01. The molecule has 4 rings (SSSR count). The second-order valence-electron chi connectivity index (χ2n) is 5.90. The van der Waals surface area contributed by atoms with Crippen LogP contribution < -0.4 is 5.32 Å². The molecular formula is C16H21N3OS. The molecule has 2 aromatic heterocycles. The highest BCUT2D eigenvalue weighted by molar-refractivity contribution is 7.19. The monoisotopic (exact) mass is 303 g/mol. The van der Waals surface area contributed by atoms with Crippen LogP contribution in [0.3, 0.4) is 0 Å². The van der Waals surface area contributed by atoms with Gasteiger partial charge in [0, 0.05) is 24.4 Å². The number of nitrogens with one attached hydrogen (secondary N) is 1. The van der Waals surface area contributed by atoms with E-state index in [9.17, 15) is 0 Å². The van der Waals surface area contributed by atoms with Gasteiger partial charge in [0.2, 0.25) is 0 Å². The molecule has 0 radical (unpaired) electrons. The van der Waals surface area contributed by atoms with E-state index in [1.54, 1.807) is 0 Å². The minimum Gasteiger partial charge on any atom is -0.376 e. The van der Waals surface area contributed by atoms with E-state index in [2.05, 4.69) is 12.2 Å². The lowest BCUT2D eigenvalue weighted by molar-refractivity contribution is 0.120. The van der Waals surface area contributed by atoms with Crippen molar-refractivity contribution in [1.82, 2.24) is 9.97 Å². The van der Waals surface area contributed by atoms with Gasteiger partial charge in [0.05, 0.1) is 11.5 Å². The number of rotatable bonds is 4. The summed E-state index contributed by atoms with van der Waals surface area (Å²) in [5, 5.41) is 4.83. The zero-order chi connectivity index (χ0) is 14.2. The number of nitrogens with zero attached hydrogens (tertiary/aromatic N) is 2. The van der Waals surface area contributed by atoms with Gasteiger partial charge < -0.3 is 10.1 Å². The van der Waals surface area contributed by atoms with Crippen LogP contribution in [-0.4, -0.2) is 29.2 Å². The second kappa shape index (κ2) is 5.54. The van der Waals surface area contributed by atoms with Crippen LogP contribution in [0.25, 0.3) is 10.2 Å². The average molecular weight is 303 g/mol. The van der Waals surface area contributed by atoms with Crippen molar-refractivity contribution in [3.63, 3.8) is 0 Å². The molecule has 0 amide bonds. The molecule has 1 saturated heterocycles. The molecule has 1 N–H and O–H groups in total. The van der Waals surface area contributed by atoms with Crippen molar-refractivity contribution >= 4 is 27.4 Å². The zero-order valence-electron chi connectivity index (χ0n) is 12.4. The summed E-state index contributed by atoms with van der Waals surface area (Å²) in [5.41, 5.74) is 1.49. The largest absolute Gasteiger partial charge is 0.376 e. The van der Waals surface area contributed by atoms with Gasteiger partial charge in [0.25, 0.3) is 0 Å². The van der Waals surface area contributed by atoms with Gasteiger partial charge in [0.1, 0.15) is 16.5 Å². The van der Waals surface area contributed by atoms with Gasteiger partial charge in [-0.2, -0.15) is 0 Å². The van der Waals surface area contributed by atoms with Crippen molar-refractivity contribution in [2.24, 2.45) is 0 Å². The van der Waals surface area contributed by atoms with Crippen LogP contribution in [0.2, 0.25) is 0 Å². The van der Waals surface area contributed by atoms with Gasteiger partial charge in [-0.15, -0.1) is 11.3 Å². The third-order valence-corrected chi connectivity index (χ3v) is 5.63. The fourth-order valence-electron chi connectivity index (χ4n) is 3.34. The maximum atomic E-state index is 5.71. The van der Waals surface area contributed by atoms with Crippen LogP contribution in [-0.2, 0) is 24.0 Å². The van der Waals surface area contributed by atoms with Gasteiger partial charge in [-0.1, -0.05) is 6.92 Å². The van der Waals surface area contributed by atoms with Crippen LogP contribution in [0.4, 0.5) is 5.82 Å². The van der Waals surface area contributed by atoms with Crippen LogP contribution in [0.5, 0.6) is 0 Å². The molecule has 0 bridgehead atoms. The number of ether oxygens (including phenoxy) is 1. The molecule has 1 fully saturated rings. The fourth-order valence-corrected chi connectivity index (χ4v) is 4.62. The number of anilines is 1. The van der Waals surface area contributed by atoms with Gasteiger partial charge in [-0.05, 0) is 37.7 Å².